The predicted octanol–water partition coefficient (Wildman–Crippen LogP) is 1.92. The van der Waals surface area contributed by atoms with Crippen LogP contribution in [0.25, 0.3) is 0 Å². The lowest BCUT2D eigenvalue weighted by Gasteiger charge is -2.30. The Kier molecular flexibility index (Phi) is 4.88. The molecule has 1 aliphatic heterocycles. The van der Waals surface area contributed by atoms with Gasteiger partial charge in [-0.15, -0.1) is 0 Å². The lowest BCUT2D eigenvalue weighted by molar-refractivity contribution is -0.143. The van der Waals surface area contributed by atoms with E-state index in [0.717, 1.165) is 12.1 Å². The minimum absolute atomic E-state index is 0.00200. The highest BCUT2D eigenvalue weighted by atomic mass is 32.2. The molecule has 1 aliphatic rings. The standard InChI is InChI=1S/C14H14F3NO5S/c15-14(16,17)24(22,23)11-5-3-9(4-6-11)12(19)18-7-1-2-10(8-18)13(20)21/h3-6,10H,1-2,7-8H2,(H,20,21)/t10-/m0/s1. The number of hydrogen-bond acceptors (Lipinski definition) is 4. The minimum Gasteiger partial charge on any atom is -0.481 e. The number of nitrogens with zero attached hydrogens (tertiary/aromatic N) is 1. The summed E-state index contributed by atoms with van der Waals surface area (Å²) >= 11 is 0. The third-order valence-electron chi connectivity index (χ3n) is 3.77. The van der Waals surface area contributed by atoms with Gasteiger partial charge in [-0.25, -0.2) is 8.42 Å². The topological polar surface area (TPSA) is 91.8 Å². The number of halogens is 3. The van der Waals surface area contributed by atoms with E-state index in [-0.39, 0.29) is 12.1 Å². The van der Waals surface area contributed by atoms with Crippen molar-refractivity contribution in [3.05, 3.63) is 29.8 Å². The van der Waals surface area contributed by atoms with E-state index in [4.69, 9.17) is 5.11 Å². The van der Waals surface area contributed by atoms with Crippen molar-refractivity contribution in [2.75, 3.05) is 13.1 Å². The average molecular weight is 365 g/mol. The minimum atomic E-state index is -5.47. The van der Waals surface area contributed by atoms with Crippen molar-refractivity contribution < 1.29 is 36.3 Å². The van der Waals surface area contributed by atoms with Gasteiger partial charge in [-0.2, -0.15) is 13.2 Å². The van der Waals surface area contributed by atoms with Crippen molar-refractivity contribution in [1.29, 1.82) is 0 Å². The summed E-state index contributed by atoms with van der Waals surface area (Å²) in [5.74, 6) is -2.25. The molecule has 0 aromatic heterocycles. The van der Waals surface area contributed by atoms with Gasteiger partial charge >= 0.3 is 11.5 Å². The van der Waals surface area contributed by atoms with Crippen LogP contribution in [0.3, 0.4) is 0 Å². The van der Waals surface area contributed by atoms with Crippen LogP contribution >= 0.6 is 0 Å². The molecule has 0 unspecified atom stereocenters. The van der Waals surface area contributed by atoms with Crippen molar-refractivity contribution in [2.24, 2.45) is 5.92 Å². The molecule has 1 fully saturated rings. The molecule has 1 aromatic rings. The van der Waals surface area contributed by atoms with Crippen LogP contribution in [0.5, 0.6) is 0 Å². The number of likely N-dealkylation sites (tertiary alicyclic amines) is 1. The fourth-order valence-corrected chi connectivity index (χ4v) is 3.22. The zero-order chi connectivity index (χ0) is 18.1. The fourth-order valence-electron chi connectivity index (χ4n) is 2.46. The molecule has 1 heterocycles. The molecule has 0 aliphatic carbocycles. The first-order chi connectivity index (χ1) is 11.0. The first-order valence-electron chi connectivity index (χ1n) is 6.97. The number of sulfone groups is 1. The Morgan fingerprint density at radius 1 is 1.17 bits per heavy atom. The van der Waals surface area contributed by atoms with Crippen LogP contribution in [0, 0.1) is 5.92 Å². The third-order valence-corrected chi connectivity index (χ3v) is 5.28. The number of carboxylic acids is 1. The highest BCUT2D eigenvalue weighted by molar-refractivity contribution is 7.92. The molecule has 1 N–H and O–H groups in total. The van der Waals surface area contributed by atoms with E-state index < -0.39 is 38.0 Å². The molecule has 132 valence electrons. The van der Waals surface area contributed by atoms with E-state index in [1.165, 1.54) is 4.90 Å². The monoisotopic (exact) mass is 365 g/mol. The molecule has 0 bridgehead atoms. The Bertz CT molecular complexity index is 743. The van der Waals surface area contributed by atoms with Crippen molar-refractivity contribution in [2.45, 2.75) is 23.2 Å². The summed E-state index contributed by atoms with van der Waals surface area (Å²) in [6, 6.07) is 3.42. The summed E-state index contributed by atoms with van der Waals surface area (Å²) in [6.45, 7) is 0.349. The Balaban J connectivity index is 2.19. The lowest BCUT2D eigenvalue weighted by Crippen LogP contribution is -2.42. The van der Waals surface area contributed by atoms with Gasteiger partial charge in [0.15, 0.2) is 0 Å². The van der Waals surface area contributed by atoms with Crippen molar-refractivity contribution in [1.82, 2.24) is 4.90 Å². The van der Waals surface area contributed by atoms with Crippen LogP contribution in [0.15, 0.2) is 29.2 Å². The first kappa shape index (κ1) is 18.2. The molecule has 0 saturated carbocycles. The van der Waals surface area contributed by atoms with Crippen LogP contribution in [0.2, 0.25) is 0 Å². The summed E-state index contributed by atoms with van der Waals surface area (Å²) in [7, 11) is -5.47. The number of rotatable bonds is 3. The molecule has 24 heavy (non-hydrogen) atoms. The predicted molar refractivity (Wildman–Crippen MR) is 75.9 cm³/mol. The van der Waals surface area contributed by atoms with Crippen molar-refractivity contribution in [3.8, 4) is 0 Å². The maximum absolute atomic E-state index is 12.5. The molecule has 1 saturated heterocycles. The Labute approximate surface area is 135 Å². The molecular weight excluding hydrogens is 351 g/mol. The van der Waals surface area contributed by atoms with Gasteiger partial charge in [0.25, 0.3) is 15.7 Å². The van der Waals surface area contributed by atoms with Gasteiger partial charge in [0.1, 0.15) is 0 Å². The van der Waals surface area contributed by atoms with E-state index >= 15 is 0 Å². The highest BCUT2D eigenvalue weighted by Gasteiger charge is 2.46. The summed E-state index contributed by atoms with van der Waals surface area (Å²) < 4.78 is 59.9. The van der Waals surface area contributed by atoms with Gasteiger partial charge in [0.05, 0.1) is 10.8 Å². The zero-order valence-electron chi connectivity index (χ0n) is 12.3. The number of carboxylic acid groups (broad SMARTS) is 1. The van der Waals surface area contributed by atoms with Gasteiger partial charge in [0.2, 0.25) is 0 Å². The van der Waals surface area contributed by atoms with Crippen LogP contribution < -0.4 is 0 Å². The average Bonchev–Trinajstić information content (AvgIpc) is 2.53. The highest BCUT2D eigenvalue weighted by Crippen LogP contribution is 2.30. The number of piperidine rings is 1. The number of amides is 1. The second-order valence-corrected chi connectivity index (χ2v) is 7.34. The normalized spacial score (nSPS) is 19.1. The smallest absolute Gasteiger partial charge is 0.481 e. The Morgan fingerprint density at radius 3 is 2.25 bits per heavy atom. The molecule has 2 rings (SSSR count). The second-order valence-electron chi connectivity index (χ2n) is 5.40. The second kappa shape index (κ2) is 6.42. The van der Waals surface area contributed by atoms with Crippen LogP contribution in [0.1, 0.15) is 23.2 Å². The third kappa shape index (κ3) is 3.53. The van der Waals surface area contributed by atoms with Crippen LogP contribution in [-0.2, 0) is 14.6 Å². The van der Waals surface area contributed by atoms with Crippen LogP contribution in [-0.4, -0.2) is 48.9 Å². The molecule has 1 atom stereocenters. The zero-order valence-corrected chi connectivity index (χ0v) is 13.1. The molecule has 1 aromatic carbocycles. The van der Waals surface area contributed by atoms with Crippen LogP contribution in [0.4, 0.5) is 13.2 Å². The summed E-state index contributed by atoms with van der Waals surface area (Å²) in [5.41, 5.74) is -5.41. The lowest BCUT2D eigenvalue weighted by atomic mass is 9.97. The van der Waals surface area contributed by atoms with E-state index in [2.05, 4.69) is 0 Å². The van der Waals surface area contributed by atoms with Gasteiger partial charge in [-0.1, -0.05) is 0 Å². The molecule has 6 nitrogen and oxygen atoms in total. The number of hydrogen-bond donors (Lipinski definition) is 1. The van der Waals surface area contributed by atoms with Gasteiger partial charge in [0, 0.05) is 18.7 Å². The van der Waals surface area contributed by atoms with E-state index in [0.29, 0.717) is 31.5 Å². The quantitative estimate of drug-likeness (QED) is 0.884. The fraction of sp³-hybridized carbons (Fsp3) is 0.429. The molecular formula is C14H14F3NO5S. The van der Waals surface area contributed by atoms with E-state index in [1.807, 2.05) is 0 Å². The number of carbonyl (C=O) groups excluding carboxylic acids is 1. The maximum Gasteiger partial charge on any atom is 0.501 e. The summed E-state index contributed by atoms with van der Waals surface area (Å²) in [4.78, 5) is 23.6. The molecule has 0 spiro atoms. The van der Waals surface area contributed by atoms with E-state index in [9.17, 15) is 31.2 Å². The largest absolute Gasteiger partial charge is 0.501 e. The number of benzene rings is 1. The van der Waals surface area contributed by atoms with E-state index in [1.54, 1.807) is 0 Å². The maximum atomic E-state index is 12.5. The molecule has 0 radical (unpaired) electrons. The Morgan fingerprint density at radius 2 is 1.75 bits per heavy atom. The number of carbonyl (C=O) groups is 2. The Hall–Kier alpha value is -2.10. The molecule has 1 amide bonds. The van der Waals surface area contributed by atoms with Crippen molar-refractivity contribution in [3.63, 3.8) is 0 Å². The van der Waals surface area contributed by atoms with Gasteiger partial charge in [-0.3, -0.25) is 9.59 Å². The number of alkyl halides is 3. The SMILES string of the molecule is O=C(O)[C@H]1CCCN(C(=O)c2ccc(S(=O)(=O)C(F)(F)F)cc2)C1. The van der Waals surface area contributed by atoms with Gasteiger partial charge in [-0.05, 0) is 37.1 Å². The first-order valence-corrected chi connectivity index (χ1v) is 8.46. The number of aliphatic carboxylic acids is 1. The summed E-state index contributed by atoms with van der Waals surface area (Å²) in [6.07, 6.45) is 0.950. The van der Waals surface area contributed by atoms with Gasteiger partial charge < -0.3 is 10.0 Å². The van der Waals surface area contributed by atoms with Crippen molar-refractivity contribution >= 4 is 21.7 Å². The summed E-state index contributed by atoms with van der Waals surface area (Å²) in [5, 5.41) is 9.00. The molecule has 10 heteroatoms.